The molecule has 0 saturated carbocycles. The van der Waals surface area contributed by atoms with Crippen molar-refractivity contribution in [2.45, 2.75) is 32.1 Å². The Morgan fingerprint density at radius 1 is 1.41 bits per heavy atom. The molecule has 17 heavy (non-hydrogen) atoms. The van der Waals surface area contributed by atoms with Gasteiger partial charge in [0.25, 0.3) is 0 Å². The van der Waals surface area contributed by atoms with Crippen LogP contribution in [0.5, 0.6) is 0 Å². The van der Waals surface area contributed by atoms with Crippen LogP contribution >= 0.6 is 11.8 Å². The zero-order chi connectivity index (χ0) is 12.8. The van der Waals surface area contributed by atoms with E-state index in [0.29, 0.717) is 17.7 Å². The predicted molar refractivity (Wildman–Crippen MR) is 72.6 cm³/mol. The van der Waals surface area contributed by atoms with Gasteiger partial charge in [0.15, 0.2) is 0 Å². The van der Waals surface area contributed by atoms with Crippen LogP contribution < -0.4 is 0 Å². The first kappa shape index (κ1) is 13.8. The van der Waals surface area contributed by atoms with Gasteiger partial charge < -0.3 is 5.11 Å². The molecule has 0 radical (unpaired) electrons. The van der Waals surface area contributed by atoms with Crippen LogP contribution in [0.15, 0.2) is 34.7 Å². The number of benzene rings is 1. The first-order valence-corrected chi connectivity index (χ1v) is 6.65. The molecule has 0 saturated heterocycles. The highest BCUT2D eigenvalue weighted by Gasteiger charge is 2.04. The molecule has 1 aromatic rings. The smallest absolute Gasteiger partial charge is 0.331 e. The topological polar surface area (TPSA) is 37.3 Å². The van der Waals surface area contributed by atoms with Crippen molar-refractivity contribution in [2.75, 3.05) is 5.75 Å². The van der Waals surface area contributed by atoms with E-state index in [1.54, 1.807) is 17.8 Å². The number of carboxylic acids is 1. The minimum Gasteiger partial charge on any atom is -0.478 e. The number of aliphatic carboxylic acids is 1. The van der Waals surface area contributed by atoms with Crippen molar-refractivity contribution in [1.82, 2.24) is 0 Å². The summed E-state index contributed by atoms with van der Waals surface area (Å²) in [6, 6.07) is 6.32. The fourth-order valence-corrected chi connectivity index (χ4v) is 2.49. The van der Waals surface area contributed by atoms with Gasteiger partial charge >= 0.3 is 5.97 Å². The number of thioether (sulfide) groups is 1. The lowest BCUT2D eigenvalue weighted by molar-refractivity contribution is -0.132. The van der Waals surface area contributed by atoms with E-state index >= 15 is 0 Å². The Labute approximate surface area is 107 Å². The molecular formula is C14H18O2S. The van der Waals surface area contributed by atoms with Gasteiger partial charge in [0, 0.05) is 16.2 Å². The lowest BCUT2D eigenvalue weighted by Crippen LogP contribution is -1.99. The third-order valence-corrected chi connectivity index (χ3v) is 3.66. The van der Waals surface area contributed by atoms with E-state index in [-0.39, 0.29) is 0 Å². The van der Waals surface area contributed by atoms with E-state index in [1.165, 1.54) is 16.0 Å². The van der Waals surface area contributed by atoms with Crippen LogP contribution in [0.3, 0.4) is 0 Å². The Morgan fingerprint density at radius 3 is 2.65 bits per heavy atom. The maximum Gasteiger partial charge on any atom is 0.331 e. The first-order valence-electron chi connectivity index (χ1n) is 5.67. The molecule has 0 aliphatic carbocycles. The molecule has 1 N–H and O–H groups in total. The molecule has 2 nitrogen and oxygen atoms in total. The number of hydrogen-bond donors (Lipinski definition) is 1. The van der Waals surface area contributed by atoms with Gasteiger partial charge in [-0.25, -0.2) is 4.79 Å². The largest absolute Gasteiger partial charge is 0.478 e. The van der Waals surface area contributed by atoms with Crippen LogP contribution in [0.25, 0.3) is 0 Å². The van der Waals surface area contributed by atoms with Crippen LogP contribution in [0.2, 0.25) is 0 Å². The summed E-state index contributed by atoms with van der Waals surface area (Å²) in [6.07, 6.45) is 2.37. The Kier molecular flexibility index (Phi) is 5.29. The highest BCUT2D eigenvalue weighted by molar-refractivity contribution is 7.99. The summed E-state index contributed by atoms with van der Waals surface area (Å²) in [4.78, 5) is 12.0. The van der Waals surface area contributed by atoms with Crippen molar-refractivity contribution in [1.29, 1.82) is 0 Å². The van der Waals surface area contributed by atoms with Gasteiger partial charge in [-0.1, -0.05) is 30.7 Å². The maximum atomic E-state index is 10.8. The summed E-state index contributed by atoms with van der Waals surface area (Å²) in [7, 11) is 0. The predicted octanol–water partition coefficient (Wildman–Crippen LogP) is 3.82. The first-order chi connectivity index (χ1) is 8.04. The molecule has 0 unspecified atom stereocenters. The second-order valence-electron chi connectivity index (χ2n) is 3.97. The van der Waals surface area contributed by atoms with Crippen molar-refractivity contribution >= 4 is 17.7 Å². The maximum absolute atomic E-state index is 10.8. The number of carbonyl (C=O) groups is 1. The fraction of sp³-hybridized carbons (Fsp3) is 0.357. The van der Waals surface area contributed by atoms with E-state index in [9.17, 15) is 4.79 Å². The Hall–Kier alpha value is -1.22. The van der Waals surface area contributed by atoms with Crippen molar-refractivity contribution in [3.05, 3.63) is 41.0 Å². The molecular weight excluding hydrogens is 232 g/mol. The summed E-state index contributed by atoms with van der Waals surface area (Å²) < 4.78 is 0. The normalized spacial score (nSPS) is 11.6. The lowest BCUT2D eigenvalue weighted by atomic mass is 10.2. The molecule has 92 valence electrons. The van der Waals surface area contributed by atoms with Gasteiger partial charge in [-0.05, 0) is 31.9 Å². The number of aryl methyl sites for hydroxylation is 2. The summed E-state index contributed by atoms with van der Waals surface area (Å²) in [5, 5.41) is 8.88. The minimum absolute atomic E-state index is 0.488. The van der Waals surface area contributed by atoms with Crippen LogP contribution in [-0.4, -0.2) is 16.8 Å². The van der Waals surface area contributed by atoms with Crippen LogP contribution in [0.4, 0.5) is 0 Å². The summed E-state index contributed by atoms with van der Waals surface area (Å²) in [6.45, 7) is 6.01. The van der Waals surface area contributed by atoms with Gasteiger partial charge in [0.2, 0.25) is 0 Å². The van der Waals surface area contributed by atoms with Crippen molar-refractivity contribution in [3.8, 4) is 0 Å². The fourth-order valence-electron chi connectivity index (χ4n) is 1.58. The molecule has 0 bridgehead atoms. The molecule has 3 heteroatoms. The number of hydrogen-bond acceptors (Lipinski definition) is 2. The molecule has 0 atom stereocenters. The van der Waals surface area contributed by atoms with Crippen molar-refractivity contribution in [3.63, 3.8) is 0 Å². The molecule has 0 aromatic heterocycles. The Bertz CT molecular complexity index is 436. The quantitative estimate of drug-likeness (QED) is 0.637. The van der Waals surface area contributed by atoms with E-state index in [4.69, 9.17) is 5.11 Å². The Balaban J connectivity index is 2.65. The van der Waals surface area contributed by atoms with Gasteiger partial charge in [0.1, 0.15) is 0 Å². The molecule has 0 aliphatic rings. The number of carboxylic acid groups (broad SMARTS) is 1. The van der Waals surface area contributed by atoms with Crippen molar-refractivity contribution < 1.29 is 9.90 Å². The Morgan fingerprint density at radius 2 is 2.12 bits per heavy atom. The third-order valence-electron chi connectivity index (χ3n) is 2.55. The van der Waals surface area contributed by atoms with Crippen molar-refractivity contribution in [2.24, 2.45) is 0 Å². The number of rotatable bonds is 5. The highest BCUT2D eigenvalue weighted by atomic mass is 32.2. The van der Waals surface area contributed by atoms with Gasteiger partial charge in [-0.2, -0.15) is 0 Å². The molecule has 0 spiro atoms. The van der Waals surface area contributed by atoms with E-state index in [1.807, 2.05) is 6.92 Å². The highest BCUT2D eigenvalue weighted by Crippen LogP contribution is 2.23. The molecule has 0 amide bonds. The minimum atomic E-state index is -0.811. The average molecular weight is 250 g/mol. The average Bonchev–Trinajstić information content (AvgIpc) is 2.26. The molecule has 0 fully saturated rings. The lowest BCUT2D eigenvalue weighted by Gasteiger charge is -2.05. The van der Waals surface area contributed by atoms with Crippen LogP contribution in [-0.2, 0) is 4.79 Å². The van der Waals surface area contributed by atoms with Gasteiger partial charge in [0.05, 0.1) is 0 Å². The summed E-state index contributed by atoms with van der Waals surface area (Å²) >= 11 is 1.68. The second kappa shape index (κ2) is 6.50. The molecule has 1 aromatic carbocycles. The zero-order valence-corrected chi connectivity index (χ0v) is 11.3. The van der Waals surface area contributed by atoms with Gasteiger partial charge in [-0.15, -0.1) is 11.8 Å². The van der Waals surface area contributed by atoms with Crippen LogP contribution in [0, 0.1) is 13.8 Å². The third kappa shape index (κ3) is 4.27. The molecule has 0 heterocycles. The van der Waals surface area contributed by atoms with E-state index < -0.39 is 5.97 Å². The zero-order valence-electron chi connectivity index (χ0n) is 10.5. The monoisotopic (exact) mass is 250 g/mol. The SMILES string of the molecule is CCC(=CCSc1ccc(C)cc1C)C(=O)O. The van der Waals surface area contributed by atoms with Gasteiger partial charge in [-0.3, -0.25) is 0 Å². The van der Waals surface area contributed by atoms with Crippen LogP contribution in [0.1, 0.15) is 24.5 Å². The summed E-state index contributed by atoms with van der Waals surface area (Å²) in [5.74, 6) is -0.104. The van der Waals surface area contributed by atoms with E-state index in [2.05, 4.69) is 32.0 Å². The second-order valence-corrected chi connectivity index (χ2v) is 5.03. The van der Waals surface area contributed by atoms with E-state index in [0.717, 1.165) is 0 Å². The molecule has 1 rings (SSSR count). The standard InChI is InChI=1S/C14H18O2S/c1-4-12(14(15)16)7-8-17-13-6-5-10(2)9-11(13)3/h5-7,9H,4,8H2,1-3H3,(H,15,16). The summed E-state index contributed by atoms with van der Waals surface area (Å²) in [5.41, 5.74) is 2.99. The molecule has 0 aliphatic heterocycles.